The summed E-state index contributed by atoms with van der Waals surface area (Å²) < 4.78 is 26.5. The van der Waals surface area contributed by atoms with Crippen LogP contribution in [0.4, 0.5) is 8.78 Å². The molecule has 0 N–H and O–H groups in total. The van der Waals surface area contributed by atoms with Crippen LogP contribution in [0.25, 0.3) is 0 Å². The molecule has 5 nitrogen and oxygen atoms in total. The first-order valence-electron chi connectivity index (χ1n) is 7.10. The minimum Gasteiger partial charge on any atom is -0.331 e. The largest absolute Gasteiger partial charge is 0.331 e. The summed E-state index contributed by atoms with van der Waals surface area (Å²) in [7, 11) is 0. The molecule has 0 saturated heterocycles. The van der Waals surface area contributed by atoms with Crippen molar-refractivity contribution in [3.63, 3.8) is 0 Å². The van der Waals surface area contributed by atoms with E-state index >= 15 is 0 Å². The van der Waals surface area contributed by atoms with Gasteiger partial charge in [-0.2, -0.15) is 5.10 Å². The Labute approximate surface area is 132 Å². The Morgan fingerprint density at radius 2 is 1.91 bits per heavy atom. The lowest BCUT2D eigenvalue weighted by atomic mass is 10.2. The maximum Gasteiger partial charge on any atom is 0.267 e. The van der Waals surface area contributed by atoms with Crippen molar-refractivity contribution in [2.45, 2.75) is 26.4 Å². The first kappa shape index (κ1) is 16.8. The second kappa shape index (κ2) is 7.62. The molecule has 2 rings (SSSR count). The normalized spacial score (nSPS) is 10.8. The SMILES string of the molecule is Cc1ccc(=O)n(CC(=O)N(Cc2ccccc2)CC(F)F)n1. The molecule has 0 aliphatic rings. The summed E-state index contributed by atoms with van der Waals surface area (Å²) in [6.45, 7) is 0.695. The van der Waals surface area contributed by atoms with Gasteiger partial charge in [0.2, 0.25) is 5.91 Å². The predicted octanol–water partition coefficient (Wildman–Crippen LogP) is 1.85. The number of alkyl halides is 2. The topological polar surface area (TPSA) is 55.2 Å². The summed E-state index contributed by atoms with van der Waals surface area (Å²) >= 11 is 0. The highest BCUT2D eigenvalue weighted by Gasteiger charge is 2.19. The number of carbonyl (C=O) groups is 1. The molecule has 0 spiro atoms. The van der Waals surface area contributed by atoms with Crippen LogP contribution in [-0.4, -0.2) is 33.6 Å². The zero-order chi connectivity index (χ0) is 16.8. The predicted molar refractivity (Wildman–Crippen MR) is 81.1 cm³/mol. The van der Waals surface area contributed by atoms with Crippen LogP contribution in [0.2, 0.25) is 0 Å². The van der Waals surface area contributed by atoms with E-state index in [9.17, 15) is 18.4 Å². The average Bonchev–Trinajstić information content (AvgIpc) is 2.51. The summed E-state index contributed by atoms with van der Waals surface area (Å²) in [6, 6.07) is 11.7. The zero-order valence-electron chi connectivity index (χ0n) is 12.7. The quantitative estimate of drug-likeness (QED) is 0.816. The molecule has 0 radical (unpaired) electrons. The number of hydrogen-bond acceptors (Lipinski definition) is 3. The molecular weight excluding hydrogens is 304 g/mol. The number of hydrogen-bond donors (Lipinski definition) is 0. The molecule has 0 fully saturated rings. The van der Waals surface area contributed by atoms with Crippen LogP contribution in [0.3, 0.4) is 0 Å². The highest BCUT2D eigenvalue weighted by Crippen LogP contribution is 2.08. The van der Waals surface area contributed by atoms with Gasteiger partial charge in [0.25, 0.3) is 12.0 Å². The first-order chi connectivity index (χ1) is 11.0. The highest BCUT2D eigenvalue weighted by molar-refractivity contribution is 5.75. The van der Waals surface area contributed by atoms with Gasteiger partial charge in [-0.3, -0.25) is 9.59 Å². The molecule has 0 aliphatic carbocycles. The molecule has 23 heavy (non-hydrogen) atoms. The van der Waals surface area contributed by atoms with Gasteiger partial charge < -0.3 is 4.90 Å². The van der Waals surface area contributed by atoms with Gasteiger partial charge >= 0.3 is 0 Å². The van der Waals surface area contributed by atoms with Crippen LogP contribution < -0.4 is 5.56 Å². The highest BCUT2D eigenvalue weighted by atomic mass is 19.3. The van der Waals surface area contributed by atoms with Crippen molar-refractivity contribution < 1.29 is 13.6 Å². The average molecular weight is 321 g/mol. The lowest BCUT2D eigenvalue weighted by molar-refractivity contribution is -0.134. The van der Waals surface area contributed by atoms with Crippen LogP contribution in [0.15, 0.2) is 47.3 Å². The van der Waals surface area contributed by atoms with E-state index < -0.39 is 24.4 Å². The third-order valence-corrected chi connectivity index (χ3v) is 3.21. The standard InChI is InChI=1S/C16H17F2N3O2/c1-12-7-8-15(22)21(19-12)11-16(23)20(10-14(17)18)9-13-5-3-2-4-6-13/h2-8,14H,9-11H2,1H3. The number of aromatic nitrogens is 2. The number of halogens is 2. The van der Waals surface area contributed by atoms with Gasteiger partial charge in [-0.1, -0.05) is 30.3 Å². The van der Waals surface area contributed by atoms with E-state index in [1.807, 2.05) is 0 Å². The van der Waals surface area contributed by atoms with Crippen molar-refractivity contribution in [2.75, 3.05) is 6.54 Å². The molecule has 7 heteroatoms. The van der Waals surface area contributed by atoms with E-state index in [0.29, 0.717) is 5.69 Å². The van der Waals surface area contributed by atoms with E-state index in [-0.39, 0.29) is 13.1 Å². The van der Waals surface area contributed by atoms with E-state index in [4.69, 9.17) is 0 Å². The summed E-state index contributed by atoms with van der Waals surface area (Å²) in [5.41, 5.74) is 0.868. The Kier molecular flexibility index (Phi) is 5.56. The molecule has 1 aromatic carbocycles. The Morgan fingerprint density at radius 1 is 1.22 bits per heavy atom. The van der Waals surface area contributed by atoms with E-state index in [1.54, 1.807) is 37.3 Å². The van der Waals surface area contributed by atoms with Crippen molar-refractivity contribution in [3.8, 4) is 0 Å². The van der Waals surface area contributed by atoms with Crippen LogP contribution >= 0.6 is 0 Å². The van der Waals surface area contributed by atoms with E-state index in [2.05, 4.69) is 5.10 Å². The van der Waals surface area contributed by atoms with Crippen LogP contribution in [-0.2, 0) is 17.9 Å². The summed E-state index contributed by atoms with van der Waals surface area (Å²) in [5.74, 6) is -0.575. The molecule has 0 saturated carbocycles. The first-order valence-corrected chi connectivity index (χ1v) is 7.10. The van der Waals surface area contributed by atoms with Gasteiger partial charge in [0.15, 0.2) is 0 Å². The second-order valence-corrected chi connectivity index (χ2v) is 5.12. The zero-order valence-corrected chi connectivity index (χ0v) is 12.7. The van der Waals surface area contributed by atoms with Gasteiger partial charge in [0.05, 0.1) is 12.2 Å². The van der Waals surface area contributed by atoms with Gasteiger partial charge in [-0.25, -0.2) is 13.5 Å². The minimum absolute atomic E-state index is 0.0601. The number of benzene rings is 1. The molecule has 2 aromatic rings. The molecule has 1 aromatic heterocycles. The van der Waals surface area contributed by atoms with Crippen molar-refractivity contribution >= 4 is 5.91 Å². The fraction of sp³-hybridized carbons (Fsp3) is 0.312. The summed E-state index contributed by atoms with van der Waals surface area (Å²) in [4.78, 5) is 25.0. The Bertz CT molecular complexity index is 717. The Hall–Kier alpha value is -2.57. The molecule has 0 aliphatic heterocycles. The van der Waals surface area contributed by atoms with Crippen LogP contribution in [0.5, 0.6) is 0 Å². The third kappa shape index (κ3) is 4.98. The second-order valence-electron chi connectivity index (χ2n) is 5.12. The van der Waals surface area contributed by atoms with Gasteiger partial charge in [0.1, 0.15) is 6.54 Å². The molecule has 122 valence electrons. The molecule has 1 heterocycles. The molecular formula is C16H17F2N3O2. The Morgan fingerprint density at radius 3 is 2.57 bits per heavy atom. The van der Waals surface area contributed by atoms with Crippen LogP contribution in [0.1, 0.15) is 11.3 Å². The maximum atomic E-state index is 12.8. The van der Waals surface area contributed by atoms with E-state index in [1.165, 1.54) is 12.1 Å². The third-order valence-electron chi connectivity index (χ3n) is 3.21. The van der Waals surface area contributed by atoms with Crippen LogP contribution in [0, 0.1) is 6.92 Å². The van der Waals surface area contributed by atoms with Crippen molar-refractivity contribution in [3.05, 3.63) is 64.1 Å². The number of carbonyl (C=O) groups excluding carboxylic acids is 1. The number of rotatable bonds is 6. The monoisotopic (exact) mass is 321 g/mol. The Balaban J connectivity index is 2.16. The van der Waals surface area contributed by atoms with Gasteiger partial charge in [-0.15, -0.1) is 0 Å². The number of aryl methyl sites for hydroxylation is 1. The lowest BCUT2D eigenvalue weighted by Gasteiger charge is -2.22. The molecule has 0 unspecified atom stereocenters. The van der Waals surface area contributed by atoms with Crippen molar-refractivity contribution in [2.24, 2.45) is 0 Å². The van der Waals surface area contributed by atoms with Gasteiger partial charge in [-0.05, 0) is 18.6 Å². The van der Waals surface area contributed by atoms with Gasteiger partial charge in [0, 0.05) is 12.6 Å². The van der Waals surface area contributed by atoms with Crippen molar-refractivity contribution in [1.29, 1.82) is 0 Å². The lowest BCUT2D eigenvalue weighted by Crippen LogP contribution is -2.39. The summed E-state index contributed by atoms with van der Waals surface area (Å²) in [5, 5.41) is 3.95. The number of amides is 1. The number of nitrogens with zero attached hydrogens (tertiary/aromatic N) is 3. The molecule has 0 atom stereocenters. The summed E-state index contributed by atoms with van der Waals surface area (Å²) in [6.07, 6.45) is -2.65. The minimum atomic E-state index is -2.65. The van der Waals surface area contributed by atoms with Crippen molar-refractivity contribution in [1.82, 2.24) is 14.7 Å². The van der Waals surface area contributed by atoms with E-state index in [0.717, 1.165) is 15.1 Å². The smallest absolute Gasteiger partial charge is 0.267 e. The fourth-order valence-electron chi connectivity index (χ4n) is 2.12. The maximum absolute atomic E-state index is 12.8. The molecule has 0 bridgehead atoms. The molecule has 1 amide bonds. The fourth-order valence-corrected chi connectivity index (χ4v) is 2.12.